The van der Waals surface area contributed by atoms with Gasteiger partial charge in [-0.15, -0.1) is 0 Å². The fourth-order valence-electron chi connectivity index (χ4n) is 1.87. The van der Waals surface area contributed by atoms with Crippen LogP contribution in [-0.4, -0.2) is 25.7 Å². The molecule has 1 saturated carbocycles. The number of benzene rings is 1. The molecule has 0 unspecified atom stereocenters. The van der Waals surface area contributed by atoms with E-state index in [0.29, 0.717) is 12.6 Å². The Morgan fingerprint density at radius 3 is 2.84 bits per heavy atom. The van der Waals surface area contributed by atoms with Crippen LogP contribution in [0.4, 0.5) is 0 Å². The minimum atomic E-state index is 0.616. The fraction of sp³-hybridized carbons (Fsp3) is 0.533. The summed E-state index contributed by atoms with van der Waals surface area (Å²) in [6.07, 6.45) is 2.51. The molecule has 4 nitrogen and oxygen atoms in total. The summed E-state index contributed by atoms with van der Waals surface area (Å²) in [4.78, 5) is 4.61. The predicted octanol–water partition coefficient (Wildman–Crippen LogP) is 2.22. The molecule has 2 N–H and O–H groups in total. The third kappa shape index (κ3) is 4.16. The van der Waals surface area contributed by atoms with Crippen LogP contribution >= 0.6 is 0 Å². The molecule has 104 valence electrons. The van der Waals surface area contributed by atoms with E-state index in [9.17, 15) is 0 Å². The van der Waals surface area contributed by atoms with E-state index in [2.05, 4.69) is 40.7 Å². The molecule has 1 aromatic rings. The van der Waals surface area contributed by atoms with Crippen molar-refractivity contribution < 1.29 is 4.74 Å². The number of hydrogen-bond acceptors (Lipinski definition) is 2. The Balaban J connectivity index is 2.01. The van der Waals surface area contributed by atoms with E-state index in [1.807, 2.05) is 6.92 Å². The van der Waals surface area contributed by atoms with Gasteiger partial charge in [-0.1, -0.05) is 12.1 Å². The highest BCUT2D eigenvalue weighted by atomic mass is 16.5. The summed E-state index contributed by atoms with van der Waals surface area (Å²) in [5, 5.41) is 6.68. The lowest BCUT2D eigenvalue weighted by Gasteiger charge is -2.11. The van der Waals surface area contributed by atoms with Crippen LogP contribution in [0.1, 0.15) is 30.9 Å². The van der Waals surface area contributed by atoms with Crippen LogP contribution in [0.25, 0.3) is 0 Å². The maximum atomic E-state index is 5.33. The van der Waals surface area contributed by atoms with E-state index >= 15 is 0 Å². The topological polar surface area (TPSA) is 45.7 Å². The monoisotopic (exact) mass is 261 g/mol. The van der Waals surface area contributed by atoms with E-state index in [1.165, 1.54) is 12.8 Å². The van der Waals surface area contributed by atoms with Crippen LogP contribution in [-0.2, 0) is 6.54 Å². The zero-order chi connectivity index (χ0) is 13.7. The number of hydrogen-bond donors (Lipinski definition) is 2. The second kappa shape index (κ2) is 6.45. The highest BCUT2D eigenvalue weighted by Gasteiger charge is 2.21. The minimum Gasteiger partial charge on any atom is -0.496 e. The molecule has 0 spiro atoms. The summed E-state index contributed by atoms with van der Waals surface area (Å²) in [6, 6.07) is 6.84. The van der Waals surface area contributed by atoms with Gasteiger partial charge >= 0.3 is 0 Å². The Morgan fingerprint density at radius 2 is 2.21 bits per heavy atom. The molecule has 19 heavy (non-hydrogen) atoms. The van der Waals surface area contributed by atoms with Crippen molar-refractivity contribution >= 4 is 5.96 Å². The van der Waals surface area contributed by atoms with Gasteiger partial charge in [0, 0.05) is 12.6 Å². The third-order valence-electron chi connectivity index (χ3n) is 3.15. The van der Waals surface area contributed by atoms with E-state index < -0.39 is 0 Å². The summed E-state index contributed by atoms with van der Waals surface area (Å²) in [5.41, 5.74) is 2.31. The molecule has 1 fully saturated rings. The van der Waals surface area contributed by atoms with Gasteiger partial charge in [-0.2, -0.15) is 0 Å². The van der Waals surface area contributed by atoms with E-state index in [1.54, 1.807) is 7.11 Å². The normalized spacial score (nSPS) is 15.2. The summed E-state index contributed by atoms with van der Waals surface area (Å²) in [5.74, 6) is 1.83. The van der Waals surface area contributed by atoms with Crippen LogP contribution in [0, 0.1) is 6.92 Å². The summed E-state index contributed by atoms with van der Waals surface area (Å²) >= 11 is 0. The van der Waals surface area contributed by atoms with E-state index in [-0.39, 0.29) is 0 Å². The largest absolute Gasteiger partial charge is 0.496 e. The average Bonchev–Trinajstić information content (AvgIpc) is 3.21. The molecule has 0 radical (unpaired) electrons. The molecule has 1 aliphatic carbocycles. The number of nitrogens with zero attached hydrogens (tertiary/aromatic N) is 1. The van der Waals surface area contributed by atoms with Crippen molar-refractivity contribution in [2.24, 2.45) is 4.99 Å². The average molecular weight is 261 g/mol. The number of aliphatic imine (C=N–C) groups is 1. The molecule has 2 rings (SSSR count). The number of guanidine groups is 1. The molecule has 0 amide bonds. The van der Waals surface area contributed by atoms with Crippen molar-refractivity contribution in [3.05, 3.63) is 29.3 Å². The molecular formula is C15H23N3O. The second-order valence-corrected chi connectivity index (χ2v) is 4.92. The number of ether oxygens (including phenoxy) is 1. The van der Waals surface area contributed by atoms with Crippen LogP contribution < -0.4 is 15.4 Å². The van der Waals surface area contributed by atoms with Crippen molar-refractivity contribution in [2.75, 3.05) is 13.7 Å². The predicted molar refractivity (Wildman–Crippen MR) is 78.7 cm³/mol. The van der Waals surface area contributed by atoms with E-state index in [4.69, 9.17) is 4.74 Å². The first-order chi connectivity index (χ1) is 9.22. The lowest BCUT2D eigenvalue weighted by Crippen LogP contribution is -2.38. The summed E-state index contributed by atoms with van der Waals surface area (Å²) < 4.78 is 5.33. The zero-order valence-electron chi connectivity index (χ0n) is 12.0. The van der Waals surface area contributed by atoms with Gasteiger partial charge in [0.2, 0.25) is 0 Å². The first kappa shape index (κ1) is 13.7. The molecule has 0 atom stereocenters. The van der Waals surface area contributed by atoms with Gasteiger partial charge < -0.3 is 15.4 Å². The summed E-state index contributed by atoms with van der Waals surface area (Å²) in [7, 11) is 1.70. The minimum absolute atomic E-state index is 0.616. The maximum Gasteiger partial charge on any atom is 0.191 e. The van der Waals surface area contributed by atoms with Crippen LogP contribution in [0.5, 0.6) is 5.75 Å². The SMILES string of the molecule is CCNC(=NCc1ccc(C)c(OC)c1)NC1CC1. The molecule has 4 heteroatoms. The van der Waals surface area contributed by atoms with Crippen LogP contribution in [0.2, 0.25) is 0 Å². The van der Waals surface area contributed by atoms with Crippen LogP contribution in [0.3, 0.4) is 0 Å². The Labute approximate surface area is 115 Å². The van der Waals surface area contributed by atoms with Gasteiger partial charge in [0.25, 0.3) is 0 Å². The number of methoxy groups -OCH3 is 1. The lowest BCUT2D eigenvalue weighted by molar-refractivity contribution is 0.411. The highest BCUT2D eigenvalue weighted by molar-refractivity contribution is 5.80. The summed E-state index contributed by atoms with van der Waals surface area (Å²) in [6.45, 7) is 5.68. The van der Waals surface area contributed by atoms with Gasteiger partial charge in [0.05, 0.1) is 13.7 Å². The Hall–Kier alpha value is -1.71. The van der Waals surface area contributed by atoms with Crippen LogP contribution in [0.15, 0.2) is 23.2 Å². The van der Waals surface area contributed by atoms with Gasteiger partial charge in [-0.3, -0.25) is 0 Å². The third-order valence-corrected chi connectivity index (χ3v) is 3.15. The highest BCUT2D eigenvalue weighted by Crippen LogP contribution is 2.20. The molecular weight excluding hydrogens is 238 g/mol. The fourth-order valence-corrected chi connectivity index (χ4v) is 1.87. The van der Waals surface area contributed by atoms with Gasteiger partial charge in [-0.25, -0.2) is 4.99 Å². The van der Waals surface area contributed by atoms with Crippen molar-refractivity contribution in [2.45, 2.75) is 39.3 Å². The van der Waals surface area contributed by atoms with Crippen molar-refractivity contribution in [3.8, 4) is 5.75 Å². The second-order valence-electron chi connectivity index (χ2n) is 4.92. The van der Waals surface area contributed by atoms with Gasteiger partial charge in [-0.05, 0) is 43.9 Å². The van der Waals surface area contributed by atoms with Crippen molar-refractivity contribution in [3.63, 3.8) is 0 Å². The number of aryl methyl sites for hydroxylation is 1. The molecule has 1 aromatic carbocycles. The molecule has 0 heterocycles. The lowest BCUT2D eigenvalue weighted by atomic mass is 10.1. The molecule has 0 saturated heterocycles. The van der Waals surface area contributed by atoms with Crippen molar-refractivity contribution in [1.82, 2.24) is 10.6 Å². The Kier molecular flexibility index (Phi) is 4.66. The number of rotatable bonds is 5. The molecule has 1 aliphatic rings. The standard InChI is InChI=1S/C15H23N3O/c1-4-16-15(18-13-7-8-13)17-10-12-6-5-11(2)14(9-12)19-3/h5-6,9,13H,4,7-8,10H2,1-3H3,(H2,16,17,18). The van der Waals surface area contributed by atoms with Gasteiger partial charge in [0.15, 0.2) is 5.96 Å². The van der Waals surface area contributed by atoms with Gasteiger partial charge in [0.1, 0.15) is 5.75 Å². The molecule has 0 aliphatic heterocycles. The van der Waals surface area contributed by atoms with E-state index in [0.717, 1.165) is 29.4 Å². The first-order valence-corrected chi connectivity index (χ1v) is 6.91. The number of nitrogens with one attached hydrogen (secondary N) is 2. The van der Waals surface area contributed by atoms with Crippen molar-refractivity contribution in [1.29, 1.82) is 0 Å². The molecule has 0 bridgehead atoms. The Bertz CT molecular complexity index is 453. The Morgan fingerprint density at radius 1 is 1.42 bits per heavy atom. The quantitative estimate of drug-likeness (QED) is 0.631. The maximum absolute atomic E-state index is 5.33. The smallest absolute Gasteiger partial charge is 0.191 e. The first-order valence-electron chi connectivity index (χ1n) is 6.91. The molecule has 0 aromatic heterocycles. The zero-order valence-corrected chi connectivity index (χ0v) is 12.0.